The molecule has 0 unspecified atom stereocenters. The first-order valence-corrected chi connectivity index (χ1v) is 9.54. The summed E-state index contributed by atoms with van der Waals surface area (Å²) < 4.78 is 49.8. The van der Waals surface area contributed by atoms with Crippen molar-refractivity contribution >= 4 is 17.8 Å². The summed E-state index contributed by atoms with van der Waals surface area (Å²) in [6.07, 6.45) is -4.89. The van der Waals surface area contributed by atoms with E-state index >= 15 is 0 Å². The summed E-state index contributed by atoms with van der Waals surface area (Å²) in [6, 6.07) is 4.50. The summed E-state index contributed by atoms with van der Waals surface area (Å²) >= 11 is 0. The molecule has 1 amide bonds. The molecule has 7 nitrogen and oxygen atoms in total. The number of esters is 2. The Bertz CT molecular complexity index is 742. The van der Waals surface area contributed by atoms with Crippen molar-refractivity contribution in [3.05, 3.63) is 35.9 Å². The largest absolute Gasteiger partial charge is 0.468 e. The third-order valence-corrected chi connectivity index (χ3v) is 4.85. The zero-order chi connectivity index (χ0) is 22.3. The van der Waals surface area contributed by atoms with Crippen LogP contribution in [0.25, 0.3) is 0 Å². The lowest BCUT2D eigenvalue weighted by Crippen LogP contribution is -2.52. The van der Waals surface area contributed by atoms with Crippen molar-refractivity contribution in [1.29, 1.82) is 0 Å². The van der Waals surface area contributed by atoms with Crippen LogP contribution >= 0.6 is 0 Å². The van der Waals surface area contributed by atoms with Gasteiger partial charge in [0, 0.05) is 6.54 Å². The maximum absolute atomic E-state index is 13.4. The van der Waals surface area contributed by atoms with Gasteiger partial charge in [-0.1, -0.05) is 30.3 Å². The number of nitrogens with one attached hydrogen (secondary N) is 1. The summed E-state index contributed by atoms with van der Waals surface area (Å²) in [5, 5.41) is 2.09. The second-order valence-electron chi connectivity index (χ2n) is 7.05. The fourth-order valence-electron chi connectivity index (χ4n) is 3.24. The minimum atomic E-state index is -4.76. The molecule has 0 aromatic heterocycles. The van der Waals surface area contributed by atoms with E-state index in [4.69, 9.17) is 4.74 Å². The number of nitrogens with zero attached hydrogens (tertiary/aromatic N) is 1. The van der Waals surface area contributed by atoms with Gasteiger partial charge in [-0.2, -0.15) is 13.2 Å². The molecule has 0 aliphatic carbocycles. The maximum Gasteiger partial charge on any atom is 0.404 e. The number of methoxy groups -OCH3 is 1. The quantitative estimate of drug-likeness (QED) is 0.637. The van der Waals surface area contributed by atoms with Crippen LogP contribution in [0.3, 0.4) is 0 Å². The predicted octanol–water partition coefficient (Wildman–Crippen LogP) is 2.19. The van der Waals surface area contributed by atoms with Gasteiger partial charge >= 0.3 is 18.1 Å². The van der Waals surface area contributed by atoms with Crippen LogP contribution < -0.4 is 5.32 Å². The van der Waals surface area contributed by atoms with Crippen molar-refractivity contribution in [2.24, 2.45) is 0 Å². The molecule has 1 fully saturated rings. The maximum atomic E-state index is 13.4. The third kappa shape index (κ3) is 6.45. The summed E-state index contributed by atoms with van der Waals surface area (Å²) in [4.78, 5) is 37.5. The van der Waals surface area contributed by atoms with Gasteiger partial charge in [0.15, 0.2) is 0 Å². The highest BCUT2D eigenvalue weighted by Crippen LogP contribution is 2.26. The molecule has 0 saturated carbocycles. The fraction of sp³-hybridized carbons (Fsp3) is 0.550. The number of likely N-dealkylation sites (tertiary alicyclic amines) is 1. The van der Waals surface area contributed by atoms with Crippen molar-refractivity contribution < 1.29 is 37.0 Å². The van der Waals surface area contributed by atoms with Gasteiger partial charge in [-0.05, 0) is 25.3 Å². The first-order chi connectivity index (χ1) is 14.1. The van der Waals surface area contributed by atoms with Crippen molar-refractivity contribution in [3.63, 3.8) is 0 Å². The Morgan fingerprint density at radius 2 is 1.90 bits per heavy atom. The summed E-state index contributed by atoms with van der Waals surface area (Å²) in [5.41, 5.74) is 0.764. The van der Waals surface area contributed by atoms with Crippen molar-refractivity contribution in [2.75, 3.05) is 13.7 Å². The van der Waals surface area contributed by atoms with Gasteiger partial charge in [0.2, 0.25) is 5.91 Å². The second-order valence-corrected chi connectivity index (χ2v) is 7.05. The van der Waals surface area contributed by atoms with Crippen LogP contribution in [0.4, 0.5) is 13.2 Å². The highest BCUT2D eigenvalue weighted by Gasteiger charge is 2.44. The smallest absolute Gasteiger partial charge is 0.404 e. The minimum Gasteiger partial charge on any atom is -0.468 e. The standard InChI is InChI=1S/C20H25F3N2O5/c1-13(18(27)29-2)24-16(20(21,22)23)11-17(26)25-10-6-9-15(25)19(28)30-12-14-7-4-3-5-8-14/h3-5,7-8,13,15-16,24H,6,9-12H2,1-2H3/t13-,15+,16-/m1/s1. The number of hydrogen-bond acceptors (Lipinski definition) is 6. The third-order valence-electron chi connectivity index (χ3n) is 4.85. The molecular formula is C20H25F3N2O5. The Balaban J connectivity index is 2.00. The lowest BCUT2D eigenvalue weighted by Gasteiger charge is -2.28. The monoisotopic (exact) mass is 430 g/mol. The van der Waals surface area contributed by atoms with E-state index in [2.05, 4.69) is 10.1 Å². The highest BCUT2D eigenvalue weighted by atomic mass is 19.4. The number of carbonyl (C=O) groups is 3. The van der Waals surface area contributed by atoms with Crippen molar-refractivity contribution in [1.82, 2.24) is 10.2 Å². The summed E-state index contributed by atoms with van der Waals surface area (Å²) in [7, 11) is 1.06. The normalized spacial score (nSPS) is 18.6. The van der Waals surface area contributed by atoms with Gasteiger partial charge in [-0.15, -0.1) is 0 Å². The number of rotatable bonds is 8. The predicted molar refractivity (Wildman–Crippen MR) is 100 cm³/mol. The average molecular weight is 430 g/mol. The molecule has 2 rings (SSSR count). The van der Waals surface area contributed by atoms with E-state index in [0.29, 0.717) is 12.8 Å². The van der Waals surface area contributed by atoms with Crippen LogP contribution in [0.1, 0.15) is 31.7 Å². The number of halogens is 3. The van der Waals surface area contributed by atoms with E-state index in [0.717, 1.165) is 17.6 Å². The molecule has 0 bridgehead atoms. The van der Waals surface area contributed by atoms with E-state index < -0.39 is 48.6 Å². The molecule has 1 aromatic carbocycles. The van der Waals surface area contributed by atoms with Crippen LogP contribution in [0.15, 0.2) is 30.3 Å². The molecule has 1 heterocycles. The van der Waals surface area contributed by atoms with Gasteiger partial charge in [0.1, 0.15) is 24.7 Å². The Kier molecular flexibility index (Phi) is 8.22. The molecule has 1 aliphatic rings. The van der Waals surface area contributed by atoms with Crippen molar-refractivity contribution in [2.45, 2.75) is 57.1 Å². The molecule has 1 N–H and O–H groups in total. The molecular weight excluding hydrogens is 405 g/mol. The topological polar surface area (TPSA) is 84.9 Å². The lowest BCUT2D eigenvalue weighted by molar-refractivity contribution is -0.170. The zero-order valence-electron chi connectivity index (χ0n) is 16.8. The molecule has 10 heteroatoms. The first-order valence-electron chi connectivity index (χ1n) is 9.54. The van der Waals surface area contributed by atoms with Crippen LogP contribution in [-0.2, 0) is 30.5 Å². The molecule has 0 radical (unpaired) electrons. The Morgan fingerprint density at radius 3 is 2.50 bits per heavy atom. The number of benzene rings is 1. The van der Waals surface area contributed by atoms with E-state index in [1.165, 1.54) is 6.92 Å². The van der Waals surface area contributed by atoms with Crippen molar-refractivity contribution in [3.8, 4) is 0 Å². The molecule has 30 heavy (non-hydrogen) atoms. The highest BCUT2D eigenvalue weighted by molar-refractivity contribution is 5.85. The molecule has 166 valence electrons. The average Bonchev–Trinajstić information content (AvgIpc) is 3.21. The number of carbonyl (C=O) groups excluding carboxylic acids is 3. The number of alkyl halides is 3. The first kappa shape index (κ1) is 23.7. The molecule has 1 aromatic rings. The number of amides is 1. The molecule has 1 saturated heterocycles. The lowest BCUT2D eigenvalue weighted by atomic mass is 10.1. The fourth-order valence-corrected chi connectivity index (χ4v) is 3.24. The van der Waals surface area contributed by atoms with Gasteiger partial charge in [0.25, 0.3) is 0 Å². The zero-order valence-corrected chi connectivity index (χ0v) is 16.8. The van der Waals surface area contributed by atoms with Crippen LogP contribution in [0.2, 0.25) is 0 Å². The summed E-state index contributed by atoms with van der Waals surface area (Å²) in [6.45, 7) is 1.40. The Labute approximate surface area is 172 Å². The number of ether oxygens (including phenoxy) is 2. The number of hydrogen-bond donors (Lipinski definition) is 1. The van der Waals surface area contributed by atoms with Crippen LogP contribution in [-0.4, -0.2) is 60.7 Å². The van der Waals surface area contributed by atoms with E-state index in [-0.39, 0.29) is 13.2 Å². The van der Waals surface area contributed by atoms with E-state index in [1.54, 1.807) is 24.3 Å². The van der Waals surface area contributed by atoms with Gasteiger partial charge < -0.3 is 14.4 Å². The Morgan fingerprint density at radius 1 is 1.23 bits per heavy atom. The molecule has 3 atom stereocenters. The molecule has 1 aliphatic heterocycles. The van der Waals surface area contributed by atoms with Crippen LogP contribution in [0.5, 0.6) is 0 Å². The summed E-state index contributed by atoms with van der Waals surface area (Å²) in [5.74, 6) is -2.36. The van der Waals surface area contributed by atoms with E-state index in [1.807, 2.05) is 6.07 Å². The molecule has 0 spiro atoms. The minimum absolute atomic E-state index is 0.0155. The second kappa shape index (κ2) is 10.4. The van der Waals surface area contributed by atoms with E-state index in [9.17, 15) is 27.6 Å². The van der Waals surface area contributed by atoms with Gasteiger partial charge in [-0.25, -0.2) is 4.79 Å². The van der Waals surface area contributed by atoms with Gasteiger partial charge in [-0.3, -0.25) is 14.9 Å². The van der Waals surface area contributed by atoms with Gasteiger partial charge in [0.05, 0.1) is 13.5 Å². The van der Waals surface area contributed by atoms with Crippen LogP contribution in [0, 0.1) is 0 Å². The Hall–Kier alpha value is -2.62. The SMILES string of the molecule is COC(=O)[C@@H](C)N[C@H](CC(=O)N1CCC[C@H]1C(=O)OCc1ccccc1)C(F)(F)F.